The Morgan fingerprint density at radius 1 is 1.16 bits per heavy atom. The molecule has 2 aromatic carbocycles. The smallest absolute Gasteiger partial charge is 0.278 e. The minimum Gasteiger partial charge on any atom is -0.489 e. The molecule has 0 aliphatic heterocycles. The van der Waals surface area contributed by atoms with Crippen LogP contribution in [-0.4, -0.2) is 20.8 Å². The van der Waals surface area contributed by atoms with Crippen molar-refractivity contribution in [1.29, 1.82) is 0 Å². The van der Waals surface area contributed by atoms with Gasteiger partial charge >= 0.3 is 0 Å². The minimum atomic E-state index is -0.430. The second-order valence-electron chi connectivity index (χ2n) is 6.94. The first-order valence-corrected chi connectivity index (χ1v) is 10.6. The van der Waals surface area contributed by atoms with Crippen molar-refractivity contribution in [1.82, 2.24) is 14.9 Å². The standard InChI is InChI=1S/C22H17Cl3N4O3/c1-13-18(12-31-17-4-2-3-15(23)8-17)21(28-32-13)22(30)27-16-9-26-29(11-16)10-14-5-6-19(24)20(25)7-14/h2-9,11H,10,12H2,1H3,(H,27,30). The predicted molar refractivity (Wildman–Crippen MR) is 123 cm³/mol. The summed E-state index contributed by atoms with van der Waals surface area (Å²) in [5.41, 5.74) is 2.12. The number of amides is 1. The molecule has 164 valence electrons. The average molecular weight is 492 g/mol. The van der Waals surface area contributed by atoms with Crippen molar-refractivity contribution < 1.29 is 14.1 Å². The number of hydrogen-bond donors (Lipinski definition) is 1. The van der Waals surface area contributed by atoms with Crippen LogP contribution in [0, 0.1) is 6.92 Å². The number of nitrogens with zero attached hydrogens (tertiary/aromatic N) is 3. The third-order valence-electron chi connectivity index (χ3n) is 4.60. The van der Waals surface area contributed by atoms with Crippen LogP contribution >= 0.6 is 34.8 Å². The van der Waals surface area contributed by atoms with Gasteiger partial charge in [0, 0.05) is 11.2 Å². The summed E-state index contributed by atoms with van der Waals surface area (Å²) in [5, 5.41) is 12.4. The number of nitrogens with one attached hydrogen (secondary N) is 1. The van der Waals surface area contributed by atoms with Gasteiger partial charge in [0.25, 0.3) is 5.91 Å². The Labute approximate surface area is 198 Å². The second kappa shape index (κ2) is 9.65. The van der Waals surface area contributed by atoms with Gasteiger partial charge in [-0.05, 0) is 42.8 Å². The van der Waals surface area contributed by atoms with Crippen LogP contribution in [0.3, 0.4) is 0 Å². The third kappa shape index (κ3) is 5.24. The molecule has 0 aliphatic carbocycles. The summed E-state index contributed by atoms with van der Waals surface area (Å²) in [7, 11) is 0. The largest absolute Gasteiger partial charge is 0.489 e. The monoisotopic (exact) mass is 490 g/mol. The molecule has 2 heterocycles. The van der Waals surface area contributed by atoms with E-state index in [0.29, 0.717) is 44.4 Å². The maximum absolute atomic E-state index is 12.8. The molecule has 0 aliphatic rings. The van der Waals surface area contributed by atoms with Crippen LogP contribution < -0.4 is 10.1 Å². The van der Waals surface area contributed by atoms with Crippen molar-refractivity contribution in [3.63, 3.8) is 0 Å². The molecule has 1 N–H and O–H groups in total. The van der Waals surface area contributed by atoms with E-state index >= 15 is 0 Å². The highest BCUT2D eigenvalue weighted by atomic mass is 35.5. The van der Waals surface area contributed by atoms with Gasteiger partial charge in [0.1, 0.15) is 18.1 Å². The van der Waals surface area contributed by atoms with Gasteiger partial charge in [0.2, 0.25) is 0 Å². The first-order valence-electron chi connectivity index (χ1n) is 9.50. The van der Waals surface area contributed by atoms with Gasteiger partial charge in [-0.25, -0.2) is 0 Å². The van der Waals surface area contributed by atoms with E-state index in [4.69, 9.17) is 44.1 Å². The van der Waals surface area contributed by atoms with Crippen molar-refractivity contribution in [3.05, 3.63) is 92.5 Å². The lowest BCUT2D eigenvalue weighted by Crippen LogP contribution is -2.15. The molecular formula is C22H17Cl3N4O3. The van der Waals surface area contributed by atoms with Crippen LogP contribution in [0.1, 0.15) is 27.4 Å². The number of rotatable bonds is 7. The SMILES string of the molecule is Cc1onc(C(=O)Nc2cnn(Cc3ccc(Cl)c(Cl)c3)c2)c1COc1cccc(Cl)c1. The normalized spacial score (nSPS) is 10.9. The highest BCUT2D eigenvalue weighted by Gasteiger charge is 2.21. The number of benzene rings is 2. The Balaban J connectivity index is 1.42. The van der Waals surface area contributed by atoms with Crippen molar-refractivity contribution in [3.8, 4) is 5.75 Å². The number of aryl methyl sites for hydroxylation is 1. The molecule has 10 heteroatoms. The zero-order valence-electron chi connectivity index (χ0n) is 16.8. The predicted octanol–water partition coefficient (Wildman–Crippen LogP) is 6.02. The highest BCUT2D eigenvalue weighted by Crippen LogP contribution is 2.24. The van der Waals surface area contributed by atoms with E-state index in [2.05, 4.69) is 15.6 Å². The average Bonchev–Trinajstić information content (AvgIpc) is 3.35. The van der Waals surface area contributed by atoms with Gasteiger partial charge < -0.3 is 14.6 Å². The van der Waals surface area contributed by atoms with Gasteiger partial charge in [-0.1, -0.05) is 52.1 Å². The Morgan fingerprint density at radius 2 is 2.00 bits per heavy atom. The molecule has 0 spiro atoms. The summed E-state index contributed by atoms with van der Waals surface area (Å²) in [6, 6.07) is 12.3. The molecule has 2 aromatic heterocycles. The van der Waals surface area contributed by atoms with E-state index in [1.54, 1.807) is 60.4 Å². The van der Waals surface area contributed by atoms with Crippen LogP contribution in [0.25, 0.3) is 0 Å². The first kappa shape index (κ1) is 22.2. The summed E-state index contributed by atoms with van der Waals surface area (Å²) in [4.78, 5) is 12.8. The van der Waals surface area contributed by atoms with Gasteiger partial charge in [0.05, 0.1) is 34.0 Å². The van der Waals surface area contributed by atoms with E-state index in [1.165, 1.54) is 0 Å². The molecule has 1 amide bonds. The second-order valence-corrected chi connectivity index (χ2v) is 8.19. The van der Waals surface area contributed by atoms with Crippen molar-refractivity contribution in [2.45, 2.75) is 20.1 Å². The molecule has 4 aromatic rings. The van der Waals surface area contributed by atoms with Crippen LogP contribution in [0.5, 0.6) is 5.75 Å². The number of anilines is 1. The molecule has 0 saturated carbocycles. The minimum absolute atomic E-state index is 0.106. The Kier molecular flexibility index (Phi) is 6.69. The summed E-state index contributed by atoms with van der Waals surface area (Å²) >= 11 is 18.0. The molecule has 32 heavy (non-hydrogen) atoms. The topological polar surface area (TPSA) is 82.2 Å². The highest BCUT2D eigenvalue weighted by molar-refractivity contribution is 6.42. The van der Waals surface area contributed by atoms with Gasteiger partial charge in [-0.3, -0.25) is 9.48 Å². The van der Waals surface area contributed by atoms with Crippen molar-refractivity contribution in [2.75, 3.05) is 5.32 Å². The molecule has 0 saturated heterocycles. The molecular weight excluding hydrogens is 475 g/mol. The van der Waals surface area contributed by atoms with E-state index in [1.807, 2.05) is 6.07 Å². The number of carbonyl (C=O) groups excluding carboxylic acids is 1. The maximum Gasteiger partial charge on any atom is 0.278 e. The lowest BCUT2D eigenvalue weighted by molar-refractivity contribution is 0.101. The molecule has 0 atom stereocenters. The number of carbonyl (C=O) groups is 1. The van der Waals surface area contributed by atoms with Crippen LogP contribution in [0.2, 0.25) is 15.1 Å². The molecule has 0 unspecified atom stereocenters. The Bertz CT molecular complexity index is 1270. The molecule has 4 rings (SSSR count). The van der Waals surface area contributed by atoms with E-state index in [0.717, 1.165) is 5.56 Å². The number of halogens is 3. The van der Waals surface area contributed by atoms with E-state index in [9.17, 15) is 4.79 Å². The summed E-state index contributed by atoms with van der Waals surface area (Å²) in [6.45, 7) is 2.29. The third-order valence-corrected chi connectivity index (χ3v) is 5.57. The Hall–Kier alpha value is -3.00. The van der Waals surface area contributed by atoms with Crippen molar-refractivity contribution in [2.24, 2.45) is 0 Å². The first-order chi connectivity index (χ1) is 15.4. The number of aromatic nitrogens is 3. The zero-order valence-corrected chi connectivity index (χ0v) is 19.1. The quantitative estimate of drug-likeness (QED) is 0.342. The van der Waals surface area contributed by atoms with Crippen molar-refractivity contribution >= 4 is 46.4 Å². The van der Waals surface area contributed by atoms with Crippen LogP contribution in [-0.2, 0) is 13.2 Å². The summed E-state index contributed by atoms with van der Waals surface area (Å²) in [5.74, 6) is 0.640. The zero-order chi connectivity index (χ0) is 22.7. The fourth-order valence-corrected chi connectivity index (χ4v) is 3.48. The number of hydrogen-bond acceptors (Lipinski definition) is 5. The lowest BCUT2D eigenvalue weighted by Gasteiger charge is -2.07. The summed E-state index contributed by atoms with van der Waals surface area (Å²) in [6.07, 6.45) is 3.25. The van der Waals surface area contributed by atoms with E-state index < -0.39 is 5.91 Å². The number of ether oxygens (including phenoxy) is 1. The van der Waals surface area contributed by atoms with Crippen LogP contribution in [0.4, 0.5) is 5.69 Å². The fourth-order valence-electron chi connectivity index (χ4n) is 2.98. The molecule has 7 nitrogen and oxygen atoms in total. The fraction of sp³-hybridized carbons (Fsp3) is 0.136. The lowest BCUT2D eigenvalue weighted by atomic mass is 10.2. The summed E-state index contributed by atoms with van der Waals surface area (Å²) < 4.78 is 12.6. The van der Waals surface area contributed by atoms with Gasteiger partial charge in [-0.2, -0.15) is 5.10 Å². The molecule has 0 bridgehead atoms. The van der Waals surface area contributed by atoms with Crippen LogP contribution in [0.15, 0.2) is 59.4 Å². The Morgan fingerprint density at radius 3 is 2.78 bits per heavy atom. The molecule has 0 fully saturated rings. The van der Waals surface area contributed by atoms with Gasteiger partial charge in [0.15, 0.2) is 5.69 Å². The van der Waals surface area contributed by atoms with E-state index in [-0.39, 0.29) is 12.3 Å². The molecule has 0 radical (unpaired) electrons. The van der Waals surface area contributed by atoms with Gasteiger partial charge in [-0.15, -0.1) is 0 Å². The maximum atomic E-state index is 12.8.